The molecule has 1 saturated carbocycles. The van der Waals surface area contributed by atoms with E-state index in [-0.39, 0.29) is 0 Å². The number of pyridine rings is 1. The van der Waals surface area contributed by atoms with Crippen LogP contribution in [-0.4, -0.2) is 38.7 Å². The van der Waals surface area contributed by atoms with E-state index in [2.05, 4.69) is 26.5 Å². The van der Waals surface area contributed by atoms with Gasteiger partial charge in [0.15, 0.2) is 11.5 Å². The lowest BCUT2D eigenvalue weighted by Gasteiger charge is -2.30. The molecule has 2 aromatic heterocycles. The van der Waals surface area contributed by atoms with Gasteiger partial charge in [-0.05, 0) is 43.7 Å². The van der Waals surface area contributed by atoms with Crippen LogP contribution in [0.3, 0.4) is 0 Å². The van der Waals surface area contributed by atoms with Crippen LogP contribution in [-0.2, 0) is 10.2 Å². The lowest BCUT2D eigenvalue weighted by atomic mass is 9.86. The van der Waals surface area contributed by atoms with Crippen molar-refractivity contribution in [1.82, 2.24) is 14.3 Å². The molecule has 4 rings (SSSR count). The molecular weight excluding hydrogens is 392 g/mol. The number of hydrogen-bond donors (Lipinski definition) is 2. The fourth-order valence-electron chi connectivity index (χ4n) is 4.33. The highest BCUT2D eigenvalue weighted by Gasteiger charge is 2.24. The van der Waals surface area contributed by atoms with Crippen LogP contribution < -0.4 is 19.3 Å². The van der Waals surface area contributed by atoms with Crippen molar-refractivity contribution in [3.63, 3.8) is 0 Å². The lowest BCUT2D eigenvalue weighted by molar-refractivity contribution is 0.279. The second kappa shape index (κ2) is 7.81. The van der Waals surface area contributed by atoms with Crippen molar-refractivity contribution >= 4 is 32.0 Å². The van der Waals surface area contributed by atoms with Crippen molar-refractivity contribution in [3.05, 3.63) is 30.6 Å². The number of rotatable bonds is 6. The molecule has 1 aromatic carbocycles. The summed E-state index contributed by atoms with van der Waals surface area (Å²) >= 11 is 0. The first kappa shape index (κ1) is 19.9. The average molecular weight is 419 g/mol. The Morgan fingerprint density at radius 1 is 1.17 bits per heavy atom. The number of nitrogens with two attached hydrogens (primary N) is 1. The van der Waals surface area contributed by atoms with E-state index in [9.17, 15) is 8.42 Å². The number of aromatic nitrogens is 2. The Morgan fingerprint density at radius 2 is 1.86 bits per heavy atom. The Hall–Kier alpha value is -2.36. The summed E-state index contributed by atoms with van der Waals surface area (Å²) in [6, 6.07) is 6.34. The van der Waals surface area contributed by atoms with Gasteiger partial charge in [0.1, 0.15) is 0 Å². The standard InChI is InChI=1S/C20H26N4O4S/c1-27-18-9-16-17(10-19(18)28-2)22-12-14-7-8-24(20(14)16)15-5-3-13(4-6-15)11-23-29(21,25)26/h7-10,12-13,15,23H,3-6,11H2,1-2H3,(H2,21,25,26)/t13-,15-. The quantitative estimate of drug-likeness (QED) is 0.640. The molecule has 1 aliphatic rings. The highest BCUT2D eigenvalue weighted by molar-refractivity contribution is 7.87. The minimum absolute atomic E-state index is 0.314. The first-order chi connectivity index (χ1) is 13.9. The molecule has 0 unspecified atom stereocenters. The maximum atomic E-state index is 11.1. The van der Waals surface area contributed by atoms with Crippen LogP contribution in [0.4, 0.5) is 0 Å². The second-order valence-electron chi connectivity index (χ2n) is 7.58. The van der Waals surface area contributed by atoms with Crippen LogP contribution >= 0.6 is 0 Å². The zero-order valence-electron chi connectivity index (χ0n) is 16.6. The van der Waals surface area contributed by atoms with E-state index >= 15 is 0 Å². The summed E-state index contributed by atoms with van der Waals surface area (Å²) in [4.78, 5) is 4.59. The van der Waals surface area contributed by atoms with Crippen molar-refractivity contribution in [1.29, 1.82) is 0 Å². The fourth-order valence-corrected chi connectivity index (χ4v) is 4.80. The van der Waals surface area contributed by atoms with Gasteiger partial charge in [-0.2, -0.15) is 8.42 Å². The number of nitrogens with one attached hydrogen (secondary N) is 1. The molecule has 0 atom stereocenters. The largest absolute Gasteiger partial charge is 0.493 e. The number of fused-ring (bicyclic) bond motifs is 3. The summed E-state index contributed by atoms with van der Waals surface area (Å²) in [6.45, 7) is 0.405. The van der Waals surface area contributed by atoms with E-state index < -0.39 is 10.2 Å². The summed E-state index contributed by atoms with van der Waals surface area (Å²) in [5.41, 5.74) is 2.00. The van der Waals surface area contributed by atoms with Crippen LogP contribution in [0, 0.1) is 5.92 Å². The molecule has 3 N–H and O–H groups in total. The molecule has 0 radical (unpaired) electrons. The zero-order chi connectivity index (χ0) is 20.6. The number of nitrogens with zero attached hydrogens (tertiary/aromatic N) is 2. The molecule has 9 heteroatoms. The van der Waals surface area contributed by atoms with Crippen LogP contribution in [0.15, 0.2) is 30.6 Å². The van der Waals surface area contributed by atoms with Gasteiger partial charge in [0, 0.05) is 41.8 Å². The van der Waals surface area contributed by atoms with Gasteiger partial charge in [0.2, 0.25) is 0 Å². The second-order valence-corrected chi connectivity index (χ2v) is 8.96. The molecule has 0 aliphatic heterocycles. The SMILES string of the molecule is COc1cc2ncc3ccn([C@H]4CC[C@H](CNS(N)(=O)=O)CC4)c3c2cc1OC. The number of hydrogen-bond acceptors (Lipinski definition) is 5. The molecule has 0 bridgehead atoms. The summed E-state index contributed by atoms with van der Waals surface area (Å²) in [7, 11) is -0.379. The van der Waals surface area contributed by atoms with Gasteiger partial charge in [-0.3, -0.25) is 4.98 Å². The molecule has 0 amide bonds. The van der Waals surface area contributed by atoms with Crippen molar-refractivity contribution in [2.45, 2.75) is 31.7 Å². The van der Waals surface area contributed by atoms with E-state index in [0.717, 1.165) is 47.5 Å². The van der Waals surface area contributed by atoms with E-state index in [4.69, 9.17) is 14.6 Å². The van der Waals surface area contributed by atoms with E-state index in [1.807, 2.05) is 18.3 Å². The van der Waals surface area contributed by atoms with Gasteiger partial charge in [-0.15, -0.1) is 0 Å². The van der Waals surface area contributed by atoms with Gasteiger partial charge < -0.3 is 14.0 Å². The Labute approximate surface area is 170 Å². The summed E-state index contributed by atoms with van der Waals surface area (Å²) in [5.74, 6) is 1.65. The minimum atomic E-state index is -3.63. The molecular formula is C20H26N4O4S. The van der Waals surface area contributed by atoms with Crippen molar-refractivity contribution in [2.75, 3.05) is 20.8 Å². The maximum Gasteiger partial charge on any atom is 0.274 e. The third-order valence-corrected chi connectivity index (χ3v) is 6.40. The van der Waals surface area contributed by atoms with E-state index in [0.29, 0.717) is 30.0 Å². The Morgan fingerprint density at radius 3 is 2.52 bits per heavy atom. The summed E-state index contributed by atoms with van der Waals surface area (Å²) in [6.07, 6.45) is 7.88. The first-order valence-electron chi connectivity index (χ1n) is 9.68. The predicted octanol–water partition coefficient (Wildman–Crippen LogP) is 2.73. The highest BCUT2D eigenvalue weighted by atomic mass is 32.2. The third kappa shape index (κ3) is 4.03. The number of methoxy groups -OCH3 is 2. The first-order valence-corrected chi connectivity index (χ1v) is 11.2. The van der Waals surface area contributed by atoms with Crippen LogP contribution in [0.2, 0.25) is 0 Å². The molecule has 29 heavy (non-hydrogen) atoms. The Balaban J connectivity index is 1.64. The molecule has 156 valence electrons. The van der Waals surface area contributed by atoms with Gasteiger partial charge in [-0.1, -0.05) is 0 Å². The molecule has 1 fully saturated rings. The fraction of sp³-hybridized carbons (Fsp3) is 0.450. The smallest absolute Gasteiger partial charge is 0.274 e. The predicted molar refractivity (Wildman–Crippen MR) is 112 cm³/mol. The maximum absolute atomic E-state index is 11.1. The van der Waals surface area contributed by atoms with Gasteiger partial charge >= 0.3 is 0 Å². The number of benzene rings is 1. The van der Waals surface area contributed by atoms with Crippen LogP contribution in [0.25, 0.3) is 21.8 Å². The minimum Gasteiger partial charge on any atom is -0.493 e. The summed E-state index contributed by atoms with van der Waals surface area (Å²) < 4.78 is 37.9. The van der Waals surface area contributed by atoms with Gasteiger partial charge in [-0.25, -0.2) is 9.86 Å². The van der Waals surface area contributed by atoms with Crippen molar-refractivity contribution in [3.8, 4) is 11.5 Å². The van der Waals surface area contributed by atoms with Gasteiger partial charge in [0.25, 0.3) is 10.2 Å². The van der Waals surface area contributed by atoms with E-state index in [1.54, 1.807) is 14.2 Å². The third-order valence-electron chi connectivity index (χ3n) is 5.83. The molecule has 1 aliphatic carbocycles. The number of ether oxygens (including phenoxy) is 2. The zero-order valence-corrected chi connectivity index (χ0v) is 17.4. The van der Waals surface area contributed by atoms with Crippen molar-refractivity contribution < 1.29 is 17.9 Å². The van der Waals surface area contributed by atoms with Crippen LogP contribution in [0.1, 0.15) is 31.7 Å². The Bertz CT molecular complexity index is 1130. The molecule has 3 aromatic rings. The summed E-state index contributed by atoms with van der Waals surface area (Å²) in [5, 5.41) is 7.16. The monoisotopic (exact) mass is 418 g/mol. The van der Waals surface area contributed by atoms with Crippen LogP contribution in [0.5, 0.6) is 11.5 Å². The molecule has 8 nitrogen and oxygen atoms in total. The normalized spacial score (nSPS) is 20.2. The Kier molecular flexibility index (Phi) is 5.37. The van der Waals surface area contributed by atoms with E-state index in [1.165, 1.54) is 0 Å². The topological polar surface area (TPSA) is 108 Å². The van der Waals surface area contributed by atoms with Crippen molar-refractivity contribution in [2.24, 2.45) is 11.1 Å². The highest BCUT2D eigenvalue weighted by Crippen LogP contribution is 2.39. The molecule has 0 saturated heterocycles. The van der Waals surface area contributed by atoms with Gasteiger partial charge in [0.05, 0.1) is 25.3 Å². The molecule has 0 spiro atoms. The lowest BCUT2D eigenvalue weighted by Crippen LogP contribution is -2.36. The average Bonchev–Trinajstić information content (AvgIpc) is 3.15. The molecule has 2 heterocycles.